The van der Waals surface area contributed by atoms with Crippen LogP contribution in [-0.2, 0) is 27.9 Å². The van der Waals surface area contributed by atoms with E-state index in [2.05, 4.69) is 67.7 Å². The van der Waals surface area contributed by atoms with Crippen molar-refractivity contribution in [2.45, 2.75) is 153 Å². The smallest absolute Gasteiger partial charge is 0.306 e. The summed E-state index contributed by atoms with van der Waals surface area (Å²) in [7, 11) is -3.89. The van der Waals surface area contributed by atoms with E-state index in [1.165, 1.54) is 0 Å². The molecular formula is C26H50O6Si2. The van der Waals surface area contributed by atoms with Crippen LogP contribution in [0.5, 0.6) is 0 Å². The first kappa shape index (κ1) is 28.3. The van der Waals surface area contributed by atoms with Crippen LogP contribution in [0.15, 0.2) is 0 Å². The summed E-state index contributed by atoms with van der Waals surface area (Å²) in [5, 5.41) is 0.282. The zero-order valence-electron chi connectivity index (χ0n) is 23.4. The van der Waals surface area contributed by atoms with E-state index in [9.17, 15) is 4.79 Å². The Hall–Kier alpha value is -0.256. The van der Waals surface area contributed by atoms with Gasteiger partial charge in [0.2, 0.25) is 0 Å². The molecule has 8 heteroatoms. The number of hydrogen-bond acceptors (Lipinski definition) is 6. The van der Waals surface area contributed by atoms with E-state index in [1.807, 2.05) is 0 Å². The zero-order chi connectivity index (χ0) is 25.5. The first-order chi connectivity index (χ1) is 15.5. The minimum atomic E-state index is -1.99. The Balaban J connectivity index is 1.64. The van der Waals surface area contributed by atoms with Crippen molar-refractivity contribution < 1.29 is 27.9 Å². The summed E-state index contributed by atoms with van der Waals surface area (Å²) >= 11 is 0. The van der Waals surface area contributed by atoms with Gasteiger partial charge in [-0.15, -0.1) is 0 Å². The SMILES string of the molecule is CC(C)(C)[Si](C)(C)OC[C@@H](O[Si](C)(C)C(C)(C)C)[C@H]1CC[C@H]([C@@H]2CC[C@@H]([C@H]3CCC(=O)O3)O2)O1. The Kier molecular flexibility index (Phi) is 8.53. The van der Waals surface area contributed by atoms with Gasteiger partial charge in [-0.25, -0.2) is 0 Å². The fourth-order valence-electron chi connectivity index (χ4n) is 4.56. The summed E-state index contributed by atoms with van der Waals surface area (Å²) in [5.41, 5.74) is 0. The Labute approximate surface area is 210 Å². The number of carbonyl (C=O) groups is 1. The van der Waals surface area contributed by atoms with E-state index in [1.54, 1.807) is 0 Å². The van der Waals surface area contributed by atoms with Gasteiger partial charge in [-0.05, 0) is 68.4 Å². The molecule has 3 aliphatic rings. The lowest BCUT2D eigenvalue weighted by Gasteiger charge is -2.43. The Morgan fingerprint density at radius 1 is 0.794 bits per heavy atom. The van der Waals surface area contributed by atoms with Gasteiger partial charge in [-0.2, -0.15) is 0 Å². The predicted molar refractivity (Wildman–Crippen MR) is 140 cm³/mol. The Morgan fingerprint density at radius 3 is 1.85 bits per heavy atom. The maximum Gasteiger partial charge on any atom is 0.306 e. The highest BCUT2D eigenvalue weighted by Crippen LogP contribution is 2.42. The number of ether oxygens (including phenoxy) is 3. The molecule has 3 aliphatic heterocycles. The molecule has 0 saturated carbocycles. The fourth-order valence-corrected chi connectivity index (χ4v) is 6.90. The lowest BCUT2D eigenvalue weighted by atomic mass is 10.0. The van der Waals surface area contributed by atoms with Gasteiger partial charge in [0.25, 0.3) is 0 Å². The second-order valence-corrected chi connectivity index (χ2v) is 23.2. The molecule has 0 radical (unpaired) electrons. The molecular weight excluding hydrogens is 464 g/mol. The summed E-state index contributed by atoms with van der Waals surface area (Å²) in [6, 6.07) is 0. The fraction of sp³-hybridized carbons (Fsp3) is 0.962. The molecule has 0 spiro atoms. The van der Waals surface area contributed by atoms with E-state index < -0.39 is 16.6 Å². The van der Waals surface area contributed by atoms with Crippen LogP contribution in [0.25, 0.3) is 0 Å². The number of rotatable bonds is 8. The van der Waals surface area contributed by atoms with E-state index in [4.69, 9.17) is 23.1 Å². The van der Waals surface area contributed by atoms with Gasteiger partial charge in [0.15, 0.2) is 16.6 Å². The van der Waals surface area contributed by atoms with Crippen molar-refractivity contribution in [1.82, 2.24) is 0 Å². The molecule has 0 aliphatic carbocycles. The largest absolute Gasteiger partial charge is 0.460 e. The van der Waals surface area contributed by atoms with Crippen LogP contribution in [0, 0.1) is 0 Å². The highest BCUT2D eigenvalue weighted by Gasteiger charge is 2.47. The van der Waals surface area contributed by atoms with Crippen LogP contribution in [0.3, 0.4) is 0 Å². The molecule has 3 fully saturated rings. The average molecular weight is 515 g/mol. The maximum atomic E-state index is 11.5. The molecule has 3 saturated heterocycles. The maximum absolute atomic E-state index is 11.5. The monoisotopic (exact) mass is 514 g/mol. The van der Waals surface area contributed by atoms with Crippen molar-refractivity contribution in [3.63, 3.8) is 0 Å². The standard InChI is InChI=1S/C26H50O6Si2/c1-25(2,3)33(7,8)28-17-23(32-34(9,10)26(4,5)6)22-14-13-19(30-22)18-11-12-20(29-18)21-15-16-24(27)31-21/h18-23H,11-17H2,1-10H3/t18-,19+,20-,21+,22+,23+/m0/s1. The molecule has 0 unspecified atom stereocenters. The van der Waals surface area contributed by atoms with Gasteiger partial charge in [-0.3, -0.25) is 4.79 Å². The molecule has 0 N–H and O–H groups in total. The normalized spacial score (nSPS) is 32.3. The van der Waals surface area contributed by atoms with E-state index >= 15 is 0 Å². The van der Waals surface area contributed by atoms with E-state index in [0.29, 0.717) is 13.0 Å². The van der Waals surface area contributed by atoms with Crippen molar-refractivity contribution >= 4 is 22.6 Å². The van der Waals surface area contributed by atoms with Gasteiger partial charge < -0.3 is 23.1 Å². The molecule has 0 aromatic rings. The third kappa shape index (κ3) is 6.54. The van der Waals surface area contributed by atoms with E-state index in [-0.39, 0.29) is 52.7 Å². The molecule has 0 aromatic carbocycles. The van der Waals surface area contributed by atoms with Crippen LogP contribution in [0.2, 0.25) is 36.3 Å². The summed E-state index contributed by atoms with van der Waals surface area (Å²) in [6.45, 7) is 23.5. The highest BCUT2D eigenvalue weighted by atomic mass is 28.4. The third-order valence-electron chi connectivity index (χ3n) is 9.00. The van der Waals surface area contributed by atoms with Crippen LogP contribution in [-0.4, -0.2) is 65.8 Å². The van der Waals surface area contributed by atoms with Gasteiger partial charge in [-0.1, -0.05) is 41.5 Å². The number of carbonyl (C=O) groups excluding carboxylic acids is 1. The zero-order valence-corrected chi connectivity index (χ0v) is 25.4. The van der Waals surface area contributed by atoms with Crippen molar-refractivity contribution in [3.05, 3.63) is 0 Å². The highest BCUT2D eigenvalue weighted by molar-refractivity contribution is 6.74. The van der Waals surface area contributed by atoms with Crippen LogP contribution in [0.1, 0.15) is 80.1 Å². The molecule has 6 nitrogen and oxygen atoms in total. The van der Waals surface area contributed by atoms with Crippen molar-refractivity contribution in [3.8, 4) is 0 Å². The number of hydrogen-bond donors (Lipinski definition) is 0. The first-order valence-corrected chi connectivity index (χ1v) is 19.1. The van der Waals surface area contributed by atoms with Crippen molar-refractivity contribution in [2.24, 2.45) is 0 Å². The second kappa shape index (κ2) is 10.2. The molecule has 0 amide bonds. The van der Waals surface area contributed by atoms with Gasteiger partial charge in [0, 0.05) is 6.42 Å². The molecule has 34 heavy (non-hydrogen) atoms. The summed E-state index contributed by atoms with van der Waals surface area (Å²) in [5.74, 6) is -0.0958. The van der Waals surface area contributed by atoms with Crippen molar-refractivity contribution in [1.29, 1.82) is 0 Å². The Bertz CT molecular complexity index is 711. The van der Waals surface area contributed by atoms with Gasteiger partial charge >= 0.3 is 5.97 Å². The van der Waals surface area contributed by atoms with Crippen LogP contribution < -0.4 is 0 Å². The molecule has 0 aromatic heterocycles. The summed E-state index contributed by atoms with van der Waals surface area (Å²) in [4.78, 5) is 11.5. The summed E-state index contributed by atoms with van der Waals surface area (Å²) in [6.07, 6.45) is 5.17. The molecule has 3 heterocycles. The first-order valence-electron chi connectivity index (χ1n) is 13.3. The van der Waals surface area contributed by atoms with Gasteiger partial charge in [0.1, 0.15) is 6.10 Å². The minimum absolute atomic E-state index is 0.0142. The van der Waals surface area contributed by atoms with Crippen LogP contribution in [0.4, 0.5) is 0 Å². The number of cyclic esters (lactones) is 1. The summed E-state index contributed by atoms with van der Waals surface area (Å²) < 4.78 is 32.1. The molecule has 198 valence electrons. The average Bonchev–Trinajstić information content (AvgIpc) is 3.42. The second-order valence-electron chi connectivity index (χ2n) is 13.6. The van der Waals surface area contributed by atoms with Crippen molar-refractivity contribution in [2.75, 3.05) is 6.61 Å². The molecule has 3 rings (SSSR count). The molecule has 6 atom stereocenters. The number of esters is 1. The predicted octanol–water partition coefficient (Wildman–Crippen LogP) is 6.20. The van der Waals surface area contributed by atoms with Gasteiger partial charge in [0.05, 0.1) is 37.1 Å². The Morgan fingerprint density at radius 2 is 1.32 bits per heavy atom. The topological polar surface area (TPSA) is 63.2 Å². The molecule has 0 bridgehead atoms. The quantitative estimate of drug-likeness (QED) is 0.284. The lowest BCUT2D eigenvalue weighted by molar-refractivity contribution is -0.149. The third-order valence-corrected chi connectivity index (χ3v) is 18.0. The lowest BCUT2D eigenvalue weighted by Crippen LogP contribution is -2.51. The minimum Gasteiger partial charge on any atom is -0.460 e. The van der Waals surface area contributed by atoms with Crippen LogP contribution >= 0.6 is 0 Å². The van der Waals surface area contributed by atoms with E-state index in [0.717, 1.165) is 32.1 Å².